The second kappa shape index (κ2) is 4.58. The molecule has 0 aliphatic heterocycles. The average Bonchev–Trinajstić information content (AvgIpc) is 2.75. The molecule has 0 bridgehead atoms. The monoisotopic (exact) mass is 238 g/mol. The molecule has 17 heavy (non-hydrogen) atoms. The van der Waals surface area contributed by atoms with Gasteiger partial charge in [-0.25, -0.2) is 8.78 Å². The first-order valence-electron chi connectivity index (χ1n) is 5.25. The molecule has 90 valence electrons. The maximum atomic E-state index is 13.1. The minimum Gasteiger partial charge on any atom is -0.324 e. The van der Waals surface area contributed by atoms with Gasteiger partial charge in [0.25, 0.3) is 0 Å². The number of nitrogens with zero attached hydrogens (tertiary/aromatic N) is 3. The van der Waals surface area contributed by atoms with Crippen molar-refractivity contribution in [2.75, 3.05) is 0 Å². The van der Waals surface area contributed by atoms with Crippen molar-refractivity contribution < 1.29 is 8.78 Å². The smallest absolute Gasteiger partial charge is 0.164 e. The fourth-order valence-electron chi connectivity index (χ4n) is 1.67. The third-order valence-electron chi connectivity index (χ3n) is 2.50. The van der Waals surface area contributed by atoms with Crippen molar-refractivity contribution in [2.45, 2.75) is 20.0 Å². The Bertz CT molecular complexity index is 536. The SMILES string of the molecule is CCn1c(CN)nnc1-c1ccc(F)c(F)c1. The van der Waals surface area contributed by atoms with E-state index >= 15 is 0 Å². The Kier molecular flexibility index (Phi) is 3.14. The number of benzene rings is 1. The van der Waals surface area contributed by atoms with Gasteiger partial charge in [0.15, 0.2) is 17.5 Å². The highest BCUT2D eigenvalue weighted by atomic mass is 19.2. The number of hydrogen-bond donors (Lipinski definition) is 1. The van der Waals surface area contributed by atoms with Crippen molar-refractivity contribution in [2.24, 2.45) is 5.73 Å². The molecular weight excluding hydrogens is 226 g/mol. The molecular formula is C11H12F2N4. The van der Waals surface area contributed by atoms with Gasteiger partial charge in [0, 0.05) is 12.1 Å². The van der Waals surface area contributed by atoms with Crippen LogP contribution < -0.4 is 5.73 Å². The van der Waals surface area contributed by atoms with Gasteiger partial charge in [0.1, 0.15) is 5.82 Å². The molecule has 2 aromatic rings. The molecule has 2 N–H and O–H groups in total. The zero-order chi connectivity index (χ0) is 12.4. The lowest BCUT2D eigenvalue weighted by atomic mass is 10.2. The third-order valence-corrected chi connectivity index (χ3v) is 2.50. The minimum atomic E-state index is -0.901. The molecule has 4 nitrogen and oxygen atoms in total. The average molecular weight is 238 g/mol. The zero-order valence-electron chi connectivity index (χ0n) is 9.32. The molecule has 0 saturated heterocycles. The van der Waals surface area contributed by atoms with Crippen LogP contribution in [0.25, 0.3) is 11.4 Å². The summed E-state index contributed by atoms with van der Waals surface area (Å²) in [6, 6.07) is 3.64. The first kappa shape index (κ1) is 11.7. The van der Waals surface area contributed by atoms with Crippen molar-refractivity contribution in [1.29, 1.82) is 0 Å². The maximum Gasteiger partial charge on any atom is 0.164 e. The fraction of sp³-hybridized carbons (Fsp3) is 0.273. The van der Waals surface area contributed by atoms with Crippen LogP contribution in [0.5, 0.6) is 0 Å². The Balaban J connectivity index is 2.52. The summed E-state index contributed by atoms with van der Waals surface area (Å²) >= 11 is 0. The van der Waals surface area contributed by atoms with Gasteiger partial charge in [-0.1, -0.05) is 0 Å². The largest absolute Gasteiger partial charge is 0.324 e. The van der Waals surface area contributed by atoms with Crippen LogP contribution in [0.4, 0.5) is 8.78 Å². The third kappa shape index (κ3) is 2.03. The molecule has 0 atom stereocenters. The van der Waals surface area contributed by atoms with E-state index in [2.05, 4.69) is 10.2 Å². The summed E-state index contributed by atoms with van der Waals surface area (Å²) in [5, 5.41) is 7.85. The summed E-state index contributed by atoms with van der Waals surface area (Å²) < 4.78 is 27.7. The molecule has 1 aromatic carbocycles. The van der Waals surface area contributed by atoms with Gasteiger partial charge >= 0.3 is 0 Å². The number of hydrogen-bond acceptors (Lipinski definition) is 3. The van der Waals surface area contributed by atoms with Gasteiger partial charge in [0.05, 0.1) is 6.54 Å². The van der Waals surface area contributed by atoms with Crippen molar-refractivity contribution in [3.8, 4) is 11.4 Å². The van der Waals surface area contributed by atoms with Crippen LogP contribution in [0.1, 0.15) is 12.7 Å². The summed E-state index contributed by atoms with van der Waals surface area (Å²) in [4.78, 5) is 0. The van der Waals surface area contributed by atoms with Gasteiger partial charge in [-0.05, 0) is 25.1 Å². The molecule has 0 radical (unpaired) electrons. The summed E-state index contributed by atoms with van der Waals surface area (Å²) in [5.41, 5.74) is 6.00. The van der Waals surface area contributed by atoms with E-state index in [1.54, 1.807) is 4.57 Å². The number of aromatic nitrogens is 3. The quantitative estimate of drug-likeness (QED) is 0.885. The standard InChI is InChI=1S/C11H12F2N4/c1-2-17-10(6-14)15-16-11(17)7-3-4-8(12)9(13)5-7/h3-5H,2,6,14H2,1H3. The molecule has 6 heteroatoms. The summed E-state index contributed by atoms with van der Waals surface area (Å²) in [5.74, 6) is -0.670. The summed E-state index contributed by atoms with van der Waals surface area (Å²) in [6.45, 7) is 2.78. The van der Waals surface area contributed by atoms with Crippen LogP contribution in [0.2, 0.25) is 0 Å². The van der Waals surface area contributed by atoms with E-state index < -0.39 is 11.6 Å². The number of halogens is 2. The van der Waals surface area contributed by atoms with Crippen molar-refractivity contribution >= 4 is 0 Å². The van der Waals surface area contributed by atoms with Gasteiger partial charge in [-0.2, -0.15) is 0 Å². The zero-order valence-corrected chi connectivity index (χ0v) is 9.32. The number of rotatable bonds is 3. The van der Waals surface area contributed by atoms with Crippen LogP contribution in [-0.2, 0) is 13.1 Å². The lowest BCUT2D eigenvalue weighted by Gasteiger charge is -2.06. The Morgan fingerprint density at radius 1 is 1.24 bits per heavy atom. The molecule has 0 aliphatic rings. The van der Waals surface area contributed by atoms with E-state index in [4.69, 9.17) is 5.73 Å². The highest BCUT2D eigenvalue weighted by Gasteiger charge is 2.13. The van der Waals surface area contributed by atoms with Crippen molar-refractivity contribution in [1.82, 2.24) is 14.8 Å². The second-order valence-corrected chi connectivity index (χ2v) is 3.52. The topological polar surface area (TPSA) is 56.7 Å². The molecule has 2 rings (SSSR count). The molecule has 0 saturated carbocycles. The lowest BCUT2D eigenvalue weighted by Crippen LogP contribution is -2.08. The lowest BCUT2D eigenvalue weighted by molar-refractivity contribution is 0.509. The molecule has 0 unspecified atom stereocenters. The Morgan fingerprint density at radius 3 is 2.59 bits per heavy atom. The van der Waals surface area contributed by atoms with Gasteiger partial charge in [-0.3, -0.25) is 0 Å². The predicted octanol–water partition coefficient (Wildman–Crippen LogP) is 1.70. The second-order valence-electron chi connectivity index (χ2n) is 3.52. The maximum absolute atomic E-state index is 13.1. The van der Waals surface area contributed by atoms with E-state index in [0.29, 0.717) is 23.8 Å². The highest BCUT2D eigenvalue weighted by Crippen LogP contribution is 2.20. The van der Waals surface area contributed by atoms with Crippen LogP contribution in [0.3, 0.4) is 0 Å². The normalized spacial score (nSPS) is 10.8. The fourth-order valence-corrected chi connectivity index (χ4v) is 1.67. The molecule has 0 fully saturated rings. The van der Waals surface area contributed by atoms with Crippen LogP contribution >= 0.6 is 0 Å². The number of nitrogens with two attached hydrogens (primary N) is 1. The van der Waals surface area contributed by atoms with E-state index in [1.165, 1.54) is 6.07 Å². The predicted molar refractivity (Wildman–Crippen MR) is 58.9 cm³/mol. The molecule has 0 amide bonds. The molecule has 0 spiro atoms. The summed E-state index contributed by atoms with van der Waals surface area (Å²) in [7, 11) is 0. The molecule has 1 aromatic heterocycles. The van der Waals surface area contributed by atoms with Crippen molar-refractivity contribution in [3.63, 3.8) is 0 Å². The Morgan fingerprint density at radius 2 is 2.00 bits per heavy atom. The minimum absolute atomic E-state index is 0.254. The van der Waals surface area contributed by atoms with E-state index in [1.807, 2.05) is 6.92 Å². The van der Waals surface area contributed by atoms with Crippen LogP contribution in [-0.4, -0.2) is 14.8 Å². The van der Waals surface area contributed by atoms with E-state index in [0.717, 1.165) is 12.1 Å². The van der Waals surface area contributed by atoms with Gasteiger partial charge < -0.3 is 10.3 Å². The molecule has 1 heterocycles. The molecule has 0 aliphatic carbocycles. The first-order valence-corrected chi connectivity index (χ1v) is 5.25. The van der Waals surface area contributed by atoms with Gasteiger partial charge in [0.2, 0.25) is 0 Å². The van der Waals surface area contributed by atoms with E-state index in [9.17, 15) is 8.78 Å². The Hall–Kier alpha value is -1.82. The van der Waals surface area contributed by atoms with Crippen LogP contribution in [0.15, 0.2) is 18.2 Å². The van der Waals surface area contributed by atoms with Gasteiger partial charge in [-0.15, -0.1) is 10.2 Å². The first-order chi connectivity index (χ1) is 8.17. The highest BCUT2D eigenvalue weighted by molar-refractivity contribution is 5.55. The van der Waals surface area contributed by atoms with Crippen molar-refractivity contribution in [3.05, 3.63) is 35.7 Å². The van der Waals surface area contributed by atoms with Crippen LogP contribution in [0, 0.1) is 11.6 Å². The van der Waals surface area contributed by atoms with E-state index in [-0.39, 0.29) is 6.54 Å². The Labute approximate surface area is 97.1 Å². The summed E-state index contributed by atoms with van der Waals surface area (Å²) in [6.07, 6.45) is 0.